The second-order valence-corrected chi connectivity index (χ2v) is 5.82. The number of benzene rings is 1. The van der Waals surface area contributed by atoms with E-state index in [0.717, 1.165) is 6.42 Å². The monoisotopic (exact) mass is 242 g/mol. The Bertz CT molecular complexity index is 527. The SMILES string of the molecule is CCc1cnn(C)c1-c1ccc(C(C)(C)C)cc1. The highest BCUT2D eigenvalue weighted by Gasteiger charge is 2.14. The van der Waals surface area contributed by atoms with Gasteiger partial charge in [-0.3, -0.25) is 4.68 Å². The van der Waals surface area contributed by atoms with Crippen LogP contribution in [0.1, 0.15) is 38.8 Å². The summed E-state index contributed by atoms with van der Waals surface area (Å²) in [6, 6.07) is 8.86. The van der Waals surface area contributed by atoms with Crippen LogP contribution in [0.3, 0.4) is 0 Å². The minimum atomic E-state index is 0.207. The molecule has 96 valence electrons. The van der Waals surface area contributed by atoms with Gasteiger partial charge < -0.3 is 0 Å². The number of aryl methyl sites for hydroxylation is 2. The zero-order valence-corrected chi connectivity index (χ0v) is 12.0. The number of hydrogen-bond donors (Lipinski definition) is 0. The third kappa shape index (κ3) is 2.33. The maximum Gasteiger partial charge on any atom is 0.0710 e. The predicted octanol–water partition coefficient (Wildman–Crippen LogP) is 3.95. The standard InChI is InChI=1S/C16H22N2/c1-6-12-11-17-18(5)15(12)13-7-9-14(10-8-13)16(2,3)4/h7-11H,6H2,1-5H3. The second-order valence-electron chi connectivity index (χ2n) is 5.82. The van der Waals surface area contributed by atoms with Crippen LogP contribution in [-0.4, -0.2) is 9.78 Å². The summed E-state index contributed by atoms with van der Waals surface area (Å²) < 4.78 is 1.96. The van der Waals surface area contributed by atoms with Gasteiger partial charge in [-0.15, -0.1) is 0 Å². The van der Waals surface area contributed by atoms with E-state index in [9.17, 15) is 0 Å². The Morgan fingerprint density at radius 1 is 1.11 bits per heavy atom. The molecular weight excluding hydrogens is 220 g/mol. The normalized spacial score (nSPS) is 11.8. The van der Waals surface area contributed by atoms with Crippen LogP contribution >= 0.6 is 0 Å². The fourth-order valence-corrected chi connectivity index (χ4v) is 2.24. The summed E-state index contributed by atoms with van der Waals surface area (Å²) in [4.78, 5) is 0. The molecule has 2 nitrogen and oxygen atoms in total. The molecule has 1 aromatic heterocycles. The molecule has 0 unspecified atom stereocenters. The van der Waals surface area contributed by atoms with Gasteiger partial charge in [-0.2, -0.15) is 5.10 Å². The van der Waals surface area contributed by atoms with Crippen LogP contribution in [0, 0.1) is 0 Å². The molecule has 0 N–H and O–H groups in total. The van der Waals surface area contributed by atoms with E-state index in [2.05, 4.69) is 57.1 Å². The molecule has 0 radical (unpaired) electrons. The lowest BCUT2D eigenvalue weighted by Crippen LogP contribution is -2.10. The first-order valence-electron chi connectivity index (χ1n) is 6.55. The van der Waals surface area contributed by atoms with E-state index < -0.39 is 0 Å². The molecule has 0 aliphatic rings. The maximum atomic E-state index is 4.35. The molecule has 0 saturated carbocycles. The van der Waals surface area contributed by atoms with Gasteiger partial charge in [0.15, 0.2) is 0 Å². The van der Waals surface area contributed by atoms with Gasteiger partial charge in [0, 0.05) is 12.6 Å². The van der Waals surface area contributed by atoms with E-state index >= 15 is 0 Å². The molecule has 1 heterocycles. The molecule has 0 saturated heterocycles. The van der Waals surface area contributed by atoms with Gasteiger partial charge >= 0.3 is 0 Å². The molecule has 0 aliphatic carbocycles. The minimum absolute atomic E-state index is 0.207. The summed E-state index contributed by atoms with van der Waals surface area (Å²) in [5.74, 6) is 0. The quantitative estimate of drug-likeness (QED) is 0.779. The van der Waals surface area contributed by atoms with Crippen molar-refractivity contribution < 1.29 is 0 Å². The van der Waals surface area contributed by atoms with Crippen molar-refractivity contribution in [1.82, 2.24) is 9.78 Å². The molecule has 1 aromatic carbocycles. The van der Waals surface area contributed by atoms with E-state index in [1.54, 1.807) is 0 Å². The number of aromatic nitrogens is 2. The lowest BCUT2D eigenvalue weighted by atomic mass is 9.86. The Morgan fingerprint density at radius 2 is 1.72 bits per heavy atom. The highest BCUT2D eigenvalue weighted by Crippen LogP contribution is 2.27. The summed E-state index contributed by atoms with van der Waals surface area (Å²) >= 11 is 0. The van der Waals surface area contributed by atoms with Gasteiger partial charge in [0.25, 0.3) is 0 Å². The highest BCUT2D eigenvalue weighted by molar-refractivity contribution is 5.63. The van der Waals surface area contributed by atoms with Gasteiger partial charge in [0.1, 0.15) is 0 Å². The van der Waals surface area contributed by atoms with Crippen molar-refractivity contribution in [3.63, 3.8) is 0 Å². The van der Waals surface area contributed by atoms with Crippen molar-refractivity contribution in [2.75, 3.05) is 0 Å². The van der Waals surface area contributed by atoms with Gasteiger partial charge in [0.05, 0.1) is 11.9 Å². The van der Waals surface area contributed by atoms with Gasteiger partial charge in [0.2, 0.25) is 0 Å². The highest BCUT2D eigenvalue weighted by atomic mass is 15.3. The third-order valence-corrected chi connectivity index (χ3v) is 3.42. The summed E-state index contributed by atoms with van der Waals surface area (Å²) in [7, 11) is 2.01. The Kier molecular flexibility index (Phi) is 3.29. The minimum Gasteiger partial charge on any atom is -0.268 e. The molecule has 2 aromatic rings. The number of nitrogens with zero attached hydrogens (tertiary/aromatic N) is 2. The van der Waals surface area contributed by atoms with Gasteiger partial charge in [-0.05, 0) is 23.0 Å². The van der Waals surface area contributed by atoms with Gasteiger partial charge in [-0.25, -0.2) is 0 Å². The predicted molar refractivity (Wildman–Crippen MR) is 76.7 cm³/mol. The average molecular weight is 242 g/mol. The molecule has 2 rings (SSSR count). The molecule has 2 heteroatoms. The average Bonchev–Trinajstić information content (AvgIpc) is 2.69. The molecule has 0 aliphatic heterocycles. The second kappa shape index (κ2) is 4.60. The van der Waals surface area contributed by atoms with E-state index in [1.165, 1.54) is 22.4 Å². The zero-order valence-electron chi connectivity index (χ0n) is 12.0. The van der Waals surface area contributed by atoms with Crippen LogP contribution < -0.4 is 0 Å². The lowest BCUT2D eigenvalue weighted by molar-refractivity contribution is 0.590. The van der Waals surface area contributed by atoms with E-state index in [0.29, 0.717) is 0 Å². The maximum absolute atomic E-state index is 4.35. The topological polar surface area (TPSA) is 17.8 Å². The van der Waals surface area contributed by atoms with Crippen LogP contribution in [0.25, 0.3) is 11.3 Å². The fourth-order valence-electron chi connectivity index (χ4n) is 2.24. The molecule has 0 atom stereocenters. The third-order valence-electron chi connectivity index (χ3n) is 3.42. The summed E-state index contributed by atoms with van der Waals surface area (Å²) in [6.45, 7) is 8.89. The van der Waals surface area contributed by atoms with E-state index in [-0.39, 0.29) is 5.41 Å². The van der Waals surface area contributed by atoms with Crippen molar-refractivity contribution in [2.24, 2.45) is 7.05 Å². The summed E-state index contributed by atoms with van der Waals surface area (Å²) in [5, 5.41) is 4.35. The Balaban J connectivity index is 2.43. The van der Waals surface area contributed by atoms with Crippen molar-refractivity contribution in [2.45, 2.75) is 39.5 Å². The molecule has 0 bridgehead atoms. The first kappa shape index (κ1) is 12.9. The molecule has 0 amide bonds. The first-order chi connectivity index (χ1) is 8.43. The number of rotatable bonds is 2. The van der Waals surface area contributed by atoms with Crippen LogP contribution in [0.4, 0.5) is 0 Å². The van der Waals surface area contributed by atoms with Crippen LogP contribution in [0.15, 0.2) is 30.5 Å². The molecular formula is C16H22N2. The largest absolute Gasteiger partial charge is 0.268 e. The van der Waals surface area contributed by atoms with Crippen LogP contribution in [0.2, 0.25) is 0 Å². The van der Waals surface area contributed by atoms with E-state index in [1.807, 2.05) is 17.9 Å². The zero-order chi connectivity index (χ0) is 13.3. The number of hydrogen-bond acceptors (Lipinski definition) is 1. The fraction of sp³-hybridized carbons (Fsp3) is 0.438. The smallest absolute Gasteiger partial charge is 0.0710 e. The van der Waals surface area contributed by atoms with Crippen molar-refractivity contribution in [3.8, 4) is 11.3 Å². The lowest BCUT2D eigenvalue weighted by Gasteiger charge is -2.19. The Morgan fingerprint density at radius 3 is 2.22 bits per heavy atom. The Labute approximate surface area is 110 Å². The summed E-state index contributed by atoms with van der Waals surface area (Å²) in [5.41, 5.74) is 5.36. The van der Waals surface area contributed by atoms with Crippen molar-refractivity contribution >= 4 is 0 Å². The van der Waals surface area contributed by atoms with Crippen molar-refractivity contribution in [3.05, 3.63) is 41.6 Å². The summed E-state index contributed by atoms with van der Waals surface area (Å²) in [6.07, 6.45) is 2.98. The van der Waals surface area contributed by atoms with Crippen molar-refractivity contribution in [1.29, 1.82) is 0 Å². The molecule has 0 spiro atoms. The van der Waals surface area contributed by atoms with Gasteiger partial charge in [-0.1, -0.05) is 52.0 Å². The van der Waals surface area contributed by atoms with E-state index in [4.69, 9.17) is 0 Å². The van der Waals surface area contributed by atoms with Crippen LogP contribution in [0.5, 0.6) is 0 Å². The first-order valence-corrected chi connectivity index (χ1v) is 6.55. The molecule has 18 heavy (non-hydrogen) atoms. The Hall–Kier alpha value is -1.57. The van der Waals surface area contributed by atoms with Crippen LogP contribution in [-0.2, 0) is 18.9 Å². The molecule has 0 fully saturated rings.